The maximum atomic E-state index is 13.1. The number of carbonyl (C=O) groups excluding carboxylic acids is 2. The van der Waals surface area contributed by atoms with E-state index in [0.717, 1.165) is 0 Å². The molecule has 0 aromatic heterocycles. The average Bonchev–Trinajstić information content (AvgIpc) is 2.69. The van der Waals surface area contributed by atoms with Crippen molar-refractivity contribution in [2.24, 2.45) is 5.10 Å². The number of hydrazone groups is 1. The van der Waals surface area contributed by atoms with Gasteiger partial charge in [-0.15, -0.1) is 0 Å². The number of hydrogen-bond acceptors (Lipinski definition) is 3. The molecule has 3 rings (SSSR count). The highest BCUT2D eigenvalue weighted by Gasteiger charge is 2.13. The van der Waals surface area contributed by atoms with Crippen LogP contribution in [0.1, 0.15) is 26.3 Å². The first kappa shape index (κ1) is 18.9. The zero-order chi connectivity index (χ0) is 19.9. The highest BCUT2D eigenvalue weighted by atomic mass is 19.1. The standard InChI is InChI=1S/C21H15F2N3O2/c22-16-10-8-15(9-11-16)20(27)25-19-7-2-1-6-18(19)21(28)26-24-13-14-4-3-5-17(23)12-14/h1-13H,(H,25,27)(H,26,28)/b24-13+. The van der Waals surface area contributed by atoms with Crippen LogP contribution in [0.2, 0.25) is 0 Å². The van der Waals surface area contributed by atoms with Gasteiger partial charge in [0, 0.05) is 5.56 Å². The summed E-state index contributed by atoms with van der Waals surface area (Å²) in [6.07, 6.45) is 1.31. The lowest BCUT2D eigenvalue weighted by Gasteiger charge is -2.10. The molecule has 0 spiro atoms. The summed E-state index contributed by atoms with van der Waals surface area (Å²) >= 11 is 0. The second-order valence-electron chi connectivity index (χ2n) is 5.76. The maximum absolute atomic E-state index is 13.1. The van der Waals surface area contributed by atoms with Crippen molar-refractivity contribution in [3.05, 3.63) is 101 Å². The second-order valence-corrected chi connectivity index (χ2v) is 5.76. The largest absolute Gasteiger partial charge is 0.321 e. The van der Waals surface area contributed by atoms with Gasteiger partial charge in [0.15, 0.2) is 0 Å². The first-order chi connectivity index (χ1) is 13.5. The monoisotopic (exact) mass is 379 g/mol. The van der Waals surface area contributed by atoms with E-state index < -0.39 is 23.4 Å². The molecule has 0 aliphatic rings. The first-order valence-corrected chi connectivity index (χ1v) is 8.28. The van der Waals surface area contributed by atoms with Crippen LogP contribution in [-0.2, 0) is 0 Å². The minimum atomic E-state index is -0.553. The number of amides is 2. The molecule has 0 aliphatic heterocycles. The molecule has 0 saturated carbocycles. The van der Waals surface area contributed by atoms with Gasteiger partial charge in [0.2, 0.25) is 0 Å². The zero-order valence-electron chi connectivity index (χ0n) is 14.5. The van der Waals surface area contributed by atoms with Crippen molar-refractivity contribution in [3.63, 3.8) is 0 Å². The van der Waals surface area contributed by atoms with Crippen LogP contribution in [0.15, 0.2) is 77.9 Å². The smallest absolute Gasteiger partial charge is 0.273 e. The van der Waals surface area contributed by atoms with E-state index in [1.54, 1.807) is 24.3 Å². The highest BCUT2D eigenvalue weighted by molar-refractivity contribution is 6.09. The lowest BCUT2D eigenvalue weighted by Crippen LogP contribution is -2.21. The Kier molecular flexibility index (Phi) is 5.86. The summed E-state index contributed by atoms with van der Waals surface area (Å²) in [5.41, 5.74) is 3.53. The molecule has 0 bridgehead atoms. The van der Waals surface area contributed by atoms with E-state index in [4.69, 9.17) is 0 Å². The van der Waals surface area contributed by atoms with Gasteiger partial charge in [-0.2, -0.15) is 5.10 Å². The minimum Gasteiger partial charge on any atom is -0.321 e. The molecule has 0 saturated heterocycles. The Balaban J connectivity index is 1.71. The number of hydrogen-bond donors (Lipinski definition) is 2. The molecule has 7 heteroatoms. The Morgan fingerprint density at radius 1 is 0.821 bits per heavy atom. The van der Waals surface area contributed by atoms with E-state index in [1.807, 2.05) is 0 Å². The molecule has 2 amide bonds. The Bertz CT molecular complexity index is 1030. The molecule has 0 unspecified atom stereocenters. The van der Waals surface area contributed by atoms with Crippen molar-refractivity contribution in [3.8, 4) is 0 Å². The summed E-state index contributed by atoms with van der Waals surface area (Å²) < 4.78 is 26.1. The fraction of sp³-hybridized carbons (Fsp3) is 0. The Labute approximate surface area is 159 Å². The van der Waals surface area contributed by atoms with Crippen LogP contribution in [0.5, 0.6) is 0 Å². The Morgan fingerprint density at radius 3 is 2.32 bits per heavy atom. The number of carbonyl (C=O) groups is 2. The van der Waals surface area contributed by atoms with E-state index in [2.05, 4.69) is 15.8 Å². The fourth-order valence-electron chi connectivity index (χ4n) is 2.40. The van der Waals surface area contributed by atoms with Crippen LogP contribution < -0.4 is 10.7 Å². The predicted octanol–water partition coefficient (Wildman–Crippen LogP) is 3.98. The normalized spacial score (nSPS) is 10.6. The molecule has 0 fully saturated rings. The van der Waals surface area contributed by atoms with Gasteiger partial charge in [-0.05, 0) is 54.1 Å². The topological polar surface area (TPSA) is 70.6 Å². The second kappa shape index (κ2) is 8.68. The fourth-order valence-corrected chi connectivity index (χ4v) is 2.40. The van der Waals surface area contributed by atoms with Gasteiger partial charge in [-0.1, -0.05) is 24.3 Å². The number of rotatable bonds is 5. The molecule has 0 aliphatic carbocycles. The van der Waals surface area contributed by atoms with Crippen molar-refractivity contribution >= 4 is 23.7 Å². The van der Waals surface area contributed by atoms with Crippen LogP contribution >= 0.6 is 0 Å². The maximum Gasteiger partial charge on any atom is 0.273 e. The molecule has 3 aromatic carbocycles. The molecule has 140 valence electrons. The number of nitrogens with one attached hydrogen (secondary N) is 2. The van der Waals surface area contributed by atoms with Crippen molar-refractivity contribution in [2.45, 2.75) is 0 Å². The van der Waals surface area contributed by atoms with Crippen molar-refractivity contribution < 1.29 is 18.4 Å². The predicted molar refractivity (Wildman–Crippen MR) is 102 cm³/mol. The van der Waals surface area contributed by atoms with Crippen molar-refractivity contribution in [2.75, 3.05) is 5.32 Å². The van der Waals surface area contributed by atoms with Crippen molar-refractivity contribution in [1.29, 1.82) is 0 Å². The highest BCUT2D eigenvalue weighted by Crippen LogP contribution is 2.16. The van der Waals surface area contributed by atoms with Crippen LogP contribution in [0, 0.1) is 11.6 Å². The van der Waals surface area contributed by atoms with Gasteiger partial charge in [-0.3, -0.25) is 9.59 Å². The number of anilines is 1. The summed E-state index contributed by atoms with van der Waals surface area (Å²) in [6.45, 7) is 0. The van der Waals surface area contributed by atoms with Crippen LogP contribution in [0.3, 0.4) is 0 Å². The van der Waals surface area contributed by atoms with Gasteiger partial charge in [0.05, 0.1) is 17.5 Å². The van der Waals surface area contributed by atoms with Crippen LogP contribution in [-0.4, -0.2) is 18.0 Å². The lowest BCUT2D eigenvalue weighted by atomic mass is 10.1. The molecule has 2 N–H and O–H groups in total. The van der Waals surface area contributed by atoms with E-state index in [1.165, 1.54) is 54.7 Å². The van der Waals surface area contributed by atoms with E-state index >= 15 is 0 Å². The molecular formula is C21H15F2N3O2. The van der Waals surface area contributed by atoms with E-state index in [9.17, 15) is 18.4 Å². The third-order valence-corrected chi connectivity index (χ3v) is 3.75. The average molecular weight is 379 g/mol. The van der Waals surface area contributed by atoms with Gasteiger partial charge in [0.25, 0.3) is 11.8 Å². The van der Waals surface area contributed by atoms with Gasteiger partial charge >= 0.3 is 0 Å². The Hall–Kier alpha value is -3.87. The first-order valence-electron chi connectivity index (χ1n) is 8.28. The van der Waals surface area contributed by atoms with E-state index in [0.29, 0.717) is 5.56 Å². The molecule has 3 aromatic rings. The number of benzene rings is 3. The number of halogens is 2. The summed E-state index contributed by atoms with van der Waals surface area (Å²) in [4.78, 5) is 24.7. The molecule has 0 heterocycles. The summed E-state index contributed by atoms with van der Waals surface area (Å²) in [7, 11) is 0. The minimum absolute atomic E-state index is 0.189. The zero-order valence-corrected chi connectivity index (χ0v) is 14.5. The SMILES string of the molecule is O=C(Nc1ccccc1C(=O)N/N=C/c1cccc(F)c1)c1ccc(F)cc1. The molecular weight excluding hydrogens is 364 g/mol. The quantitative estimate of drug-likeness (QED) is 0.520. The van der Waals surface area contributed by atoms with Gasteiger partial charge in [0.1, 0.15) is 11.6 Å². The molecule has 0 radical (unpaired) electrons. The molecule has 5 nitrogen and oxygen atoms in total. The van der Waals surface area contributed by atoms with Crippen LogP contribution in [0.4, 0.5) is 14.5 Å². The van der Waals surface area contributed by atoms with Gasteiger partial charge < -0.3 is 5.32 Å². The lowest BCUT2D eigenvalue weighted by molar-refractivity contribution is 0.0956. The summed E-state index contributed by atoms with van der Waals surface area (Å²) in [6, 6.07) is 17.2. The van der Waals surface area contributed by atoms with Gasteiger partial charge in [-0.25, -0.2) is 14.2 Å². The number of para-hydroxylation sites is 1. The van der Waals surface area contributed by atoms with E-state index in [-0.39, 0.29) is 16.8 Å². The summed E-state index contributed by atoms with van der Waals surface area (Å²) in [5, 5.41) is 6.42. The number of nitrogens with zero attached hydrogens (tertiary/aromatic N) is 1. The Morgan fingerprint density at radius 2 is 1.57 bits per heavy atom. The molecule has 28 heavy (non-hydrogen) atoms. The molecule has 0 atom stereocenters. The third kappa shape index (κ3) is 4.85. The summed E-state index contributed by atoms with van der Waals surface area (Å²) in [5.74, 6) is -1.90. The third-order valence-electron chi connectivity index (χ3n) is 3.75. The van der Waals surface area contributed by atoms with Crippen molar-refractivity contribution in [1.82, 2.24) is 5.43 Å². The van der Waals surface area contributed by atoms with Crippen LogP contribution in [0.25, 0.3) is 0 Å².